The number of amides is 2. The van der Waals surface area contributed by atoms with Crippen molar-refractivity contribution in [3.05, 3.63) is 62.5 Å². The zero-order valence-corrected chi connectivity index (χ0v) is 22.2. The molecule has 0 saturated carbocycles. The lowest BCUT2D eigenvalue weighted by atomic mass is 9.62. The summed E-state index contributed by atoms with van der Waals surface area (Å²) in [5.74, 6) is -0.430. The van der Waals surface area contributed by atoms with Crippen molar-refractivity contribution >= 4 is 49.4 Å². The van der Waals surface area contributed by atoms with Gasteiger partial charge in [-0.3, -0.25) is 9.59 Å². The number of nitrogens with one attached hydrogen (secondary N) is 2. The third-order valence-corrected chi connectivity index (χ3v) is 7.52. The summed E-state index contributed by atoms with van der Waals surface area (Å²) >= 11 is 7.13. The second-order valence-corrected chi connectivity index (χ2v) is 12.1. The van der Waals surface area contributed by atoms with Crippen LogP contribution in [0, 0.1) is 5.41 Å². The number of benzene rings is 2. The molecule has 32 heavy (non-hydrogen) atoms. The second kappa shape index (κ2) is 8.26. The Morgan fingerprint density at radius 3 is 2.41 bits per heavy atom. The number of anilines is 1. The van der Waals surface area contributed by atoms with Gasteiger partial charge in [0, 0.05) is 40.7 Å². The topological polar surface area (TPSA) is 61.4 Å². The van der Waals surface area contributed by atoms with Gasteiger partial charge in [0.2, 0.25) is 11.8 Å². The van der Waals surface area contributed by atoms with Crippen LogP contribution in [0.2, 0.25) is 0 Å². The number of nitrogens with zero attached hydrogens (tertiary/aromatic N) is 1. The van der Waals surface area contributed by atoms with Crippen LogP contribution in [0.1, 0.15) is 44.2 Å². The maximum Gasteiger partial charge on any atom is 0.239 e. The molecule has 7 heteroatoms. The van der Waals surface area contributed by atoms with E-state index in [0.717, 1.165) is 32.2 Å². The van der Waals surface area contributed by atoms with Crippen LogP contribution in [0.25, 0.3) is 0 Å². The first kappa shape index (κ1) is 23.5. The lowest BCUT2D eigenvalue weighted by molar-refractivity contribution is -0.131. The zero-order chi connectivity index (χ0) is 23.4. The standard InChI is InChI=1S/C25H29Br2N3O2/c1-24(2,3)13-19-25(17-10-9-16(27)12-18(17)28-23(25)32)20(14-7-6-8-15(26)11-14)21(29-19)22(31)30(4)5/h6-12,19-21,29H,13H2,1-5H3,(H,28,32)/t19-,20+,21-,25+/m1/s1. The van der Waals surface area contributed by atoms with E-state index in [4.69, 9.17) is 0 Å². The maximum absolute atomic E-state index is 14.0. The normalized spacial score (nSPS) is 26.8. The van der Waals surface area contributed by atoms with Crippen molar-refractivity contribution in [3.8, 4) is 0 Å². The molecular weight excluding hydrogens is 534 g/mol. The third kappa shape index (κ3) is 3.82. The van der Waals surface area contributed by atoms with Crippen LogP contribution in [0.5, 0.6) is 0 Å². The average Bonchev–Trinajstić information content (AvgIpc) is 3.15. The van der Waals surface area contributed by atoms with E-state index < -0.39 is 11.5 Å². The van der Waals surface area contributed by atoms with Gasteiger partial charge in [-0.1, -0.05) is 70.8 Å². The highest BCUT2D eigenvalue weighted by molar-refractivity contribution is 9.10. The zero-order valence-electron chi connectivity index (χ0n) is 19.0. The van der Waals surface area contributed by atoms with Crippen molar-refractivity contribution in [2.24, 2.45) is 5.41 Å². The average molecular weight is 563 g/mol. The first-order valence-electron chi connectivity index (χ1n) is 10.8. The Morgan fingerprint density at radius 1 is 1.09 bits per heavy atom. The van der Waals surface area contributed by atoms with E-state index in [-0.39, 0.29) is 29.2 Å². The molecule has 2 aliphatic heterocycles. The number of hydrogen-bond donors (Lipinski definition) is 2. The molecule has 2 aromatic carbocycles. The molecule has 0 unspecified atom stereocenters. The van der Waals surface area contributed by atoms with E-state index >= 15 is 0 Å². The van der Waals surface area contributed by atoms with Crippen molar-refractivity contribution in [2.75, 3.05) is 19.4 Å². The first-order chi connectivity index (χ1) is 14.9. The quantitative estimate of drug-likeness (QED) is 0.550. The summed E-state index contributed by atoms with van der Waals surface area (Å²) in [7, 11) is 3.54. The van der Waals surface area contributed by atoms with Gasteiger partial charge in [-0.2, -0.15) is 0 Å². The van der Waals surface area contributed by atoms with Crippen LogP contribution in [-0.2, 0) is 15.0 Å². The predicted molar refractivity (Wildman–Crippen MR) is 135 cm³/mol. The number of rotatable bonds is 3. The highest BCUT2D eigenvalue weighted by atomic mass is 79.9. The van der Waals surface area contributed by atoms with Crippen molar-refractivity contribution in [1.29, 1.82) is 0 Å². The summed E-state index contributed by atoms with van der Waals surface area (Å²) in [6.45, 7) is 6.52. The fourth-order valence-electron chi connectivity index (χ4n) is 5.39. The Hall–Kier alpha value is -1.70. The lowest BCUT2D eigenvalue weighted by Crippen LogP contribution is -2.49. The fraction of sp³-hybridized carbons (Fsp3) is 0.440. The van der Waals surface area contributed by atoms with Gasteiger partial charge in [0.15, 0.2) is 0 Å². The van der Waals surface area contributed by atoms with Gasteiger partial charge in [-0.05, 0) is 47.2 Å². The molecule has 0 aromatic heterocycles. The summed E-state index contributed by atoms with van der Waals surface area (Å²) in [5, 5.41) is 6.78. The van der Waals surface area contributed by atoms with Crippen LogP contribution in [0.15, 0.2) is 51.4 Å². The number of hydrogen-bond acceptors (Lipinski definition) is 3. The van der Waals surface area contributed by atoms with E-state index in [1.807, 2.05) is 42.5 Å². The maximum atomic E-state index is 14.0. The largest absolute Gasteiger partial charge is 0.347 e. The molecule has 170 valence electrons. The minimum Gasteiger partial charge on any atom is -0.347 e. The first-order valence-corrected chi connectivity index (χ1v) is 12.4. The van der Waals surface area contributed by atoms with Gasteiger partial charge in [0.25, 0.3) is 0 Å². The highest BCUT2D eigenvalue weighted by Gasteiger charge is 2.65. The Kier molecular flexibility index (Phi) is 6.06. The molecule has 0 radical (unpaired) electrons. The monoisotopic (exact) mass is 561 g/mol. The van der Waals surface area contributed by atoms with Gasteiger partial charge >= 0.3 is 0 Å². The molecule has 1 fully saturated rings. The molecule has 1 saturated heterocycles. The van der Waals surface area contributed by atoms with E-state index in [2.05, 4.69) is 63.3 Å². The molecule has 4 rings (SSSR count). The van der Waals surface area contributed by atoms with Crippen molar-refractivity contribution in [1.82, 2.24) is 10.2 Å². The number of fused-ring (bicyclic) bond motifs is 2. The molecule has 2 aliphatic rings. The smallest absolute Gasteiger partial charge is 0.239 e. The Bertz CT molecular complexity index is 1080. The lowest BCUT2D eigenvalue weighted by Gasteiger charge is -2.37. The van der Waals surface area contributed by atoms with E-state index in [0.29, 0.717) is 0 Å². The van der Waals surface area contributed by atoms with Gasteiger partial charge in [0.05, 0.1) is 6.04 Å². The van der Waals surface area contributed by atoms with Gasteiger partial charge in [-0.25, -0.2) is 0 Å². The van der Waals surface area contributed by atoms with Crippen LogP contribution in [0.4, 0.5) is 5.69 Å². The Balaban J connectivity index is 2.01. The summed E-state index contributed by atoms with van der Waals surface area (Å²) in [5.41, 5.74) is 1.78. The van der Waals surface area contributed by atoms with Crippen LogP contribution in [-0.4, -0.2) is 42.9 Å². The van der Waals surface area contributed by atoms with E-state index in [1.165, 1.54) is 0 Å². The second-order valence-electron chi connectivity index (χ2n) is 10.2. The molecule has 2 amide bonds. The van der Waals surface area contributed by atoms with Crippen molar-refractivity contribution < 1.29 is 9.59 Å². The van der Waals surface area contributed by atoms with Crippen LogP contribution >= 0.6 is 31.9 Å². The summed E-state index contributed by atoms with van der Waals surface area (Å²) in [6.07, 6.45) is 0.748. The fourth-order valence-corrected chi connectivity index (χ4v) is 6.17. The van der Waals surface area contributed by atoms with Gasteiger partial charge in [0.1, 0.15) is 5.41 Å². The molecule has 1 spiro atoms. The summed E-state index contributed by atoms with van der Waals surface area (Å²) in [4.78, 5) is 29.0. The minimum atomic E-state index is -0.902. The third-order valence-electron chi connectivity index (χ3n) is 6.54. The van der Waals surface area contributed by atoms with Crippen LogP contribution in [0.3, 0.4) is 0 Å². The summed E-state index contributed by atoms with van der Waals surface area (Å²) in [6, 6.07) is 13.2. The molecule has 0 aliphatic carbocycles. The minimum absolute atomic E-state index is 0.0240. The molecule has 2 N–H and O–H groups in total. The molecule has 4 atom stereocenters. The molecule has 2 heterocycles. The summed E-state index contributed by atoms with van der Waals surface area (Å²) < 4.78 is 1.83. The Labute approximate surface area is 206 Å². The van der Waals surface area contributed by atoms with E-state index in [1.54, 1.807) is 19.0 Å². The molecular formula is C25H29Br2N3O2. The highest BCUT2D eigenvalue weighted by Crippen LogP contribution is 2.56. The number of carbonyl (C=O) groups is 2. The van der Waals surface area contributed by atoms with Crippen molar-refractivity contribution in [2.45, 2.75) is 50.6 Å². The molecule has 2 aromatic rings. The Morgan fingerprint density at radius 2 is 1.78 bits per heavy atom. The number of carbonyl (C=O) groups excluding carboxylic acids is 2. The van der Waals surface area contributed by atoms with Crippen LogP contribution < -0.4 is 10.6 Å². The molecule has 5 nitrogen and oxygen atoms in total. The number of halogens is 2. The van der Waals surface area contributed by atoms with Gasteiger partial charge in [-0.15, -0.1) is 0 Å². The predicted octanol–water partition coefficient (Wildman–Crippen LogP) is 5.05. The number of likely N-dealkylation sites (N-methyl/N-ethyl adjacent to an activating group) is 1. The van der Waals surface area contributed by atoms with E-state index in [9.17, 15) is 9.59 Å². The molecule has 0 bridgehead atoms. The van der Waals surface area contributed by atoms with Gasteiger partial charge < -0.3 is 15.5 Å². The SMILES string of the molecule is CN(C)C(=O)[C@@H]1N[C@H](CC(C)(C)C)[C@]2(C(=O)Nc3cc(Br)ccc32)[C@H]1c1cccc(Br)c1. The van der Waals surface area contributed by atoms with Crippen molar-refractivity contribution in [3.63, 3.8) is 0 Å².